The smallest absolute Gasteiger partial charge is 0.269 e. The van der Waals surface area contributed by atoms with Gasteiger partial charge in [-0.15, -0.1) is 0 Å². The van der Waals surface area contributed by atoms with Crippen LogP contribution < -0.4 is 5.32 Å². The molecule has 1 N–H and O–H groups in total. The van der Waals surface area contributed by atoms with Crippen molar-refractivity contribution in [2.24, 2.45) is 0 Å². The van der Waals surface area contributed by atoms with E-state index in [1.54, 1.807) is 15.9 Å². The van der Waals surface area contributed by atoms with Gasteiger partial charge >= 0.3 is 0 Å². The molecule has 146 valence electrons. The van der Waals surface area contributed by atoms with Crippen LogP contribution in [0.2, 0.25) is 0 Å². The molecule has 0 atom stereocenters. The van der Waals surface area contributed by atoms with Crippen molar-refractivity contribution in [1.29, 1.82) is 0 Å². The molecule has 2 aromatic rings. The number of hydrogen-bond acceptors (Lipinski definition) is 4. The minimum atomic E-state index is -0.284. The predicted molar refractivity (Wildman–Crippen MR) is 105 cm³/mol. The highest BCUT2D eigenvalue weighted by Gasteiger charge is 2.22. The van der Waals surface area contributed by atoms with E-state index in [-0.39, 0.29) is 17.5 Å². The van der Waals surface area contributed by atoms with Crippen LogP contribution in [0.1, 0.15) is 32.8 Å². The van der Waals surface area contributed by atoms with Crippen LogP contribution in [-0.4, -0.2) is 65.7 Å². The third-order valence-corrected chi connectivity index (χ3v) is 4.76. The molecule has 1 saturated heterocycles. The highest BCUT2D eigenvalue weighted by molar-refractivity contribution is 5.98. The van der Waals surface area contributed by atoms with E-state index >= 15 is 0 Å². The van der Waals surface area contributed by atoms with Gasteiger partial charge in [-0.1, -0.05) is 30.3 Å². The summed E-state index contributed by atoms with van der Waals surface area (Å²) in [5.74, 6) is -0.431. The Morgan fingerprint density at radius 1 is 1.07 bits per heavy atom. The van der Waals surface area contributed by atoms with E-state index < -0.39 is 0 Å². The fourth-order valence-corrected chi connectivity index (χ4v) is 3.13. The monoisotopic (exact) mass is 380 g/mol. The number of carbonyl (C=O) groups excluding carboxylic acids is 3. The molecule has 3 amide bonds. The first-order valence-corrected chi connectivity index (χ1v) is 9.44. The molecule has 0 saturated carbocycles. The lowest BCUT2D eigenvalue weighted by Crippen LogP contribution is -2.48. The summed E-state index contributed by atoms with van der Waals surface area (Å²) in [5.41, 5.74) is 1.90. The standard InChI is InChI=1S/C21H24N4O3/c26-16-24-11-13-25(14-12-24)21(28)18-8-10-22-19(15-18)20(27)23-9-4-7-17-5-2-1-3-6-17/h1-3,5-6,8,10,15-16H,4,7,9,11-14H2,(H,23,27). The van der Waals surface area contributed by atoms with E-state index in [1.807, 2.05) is 18.2 Å². The molecule has 1 fully saturated rings. The average molecular weight is 380 g/mol. The van der Waals surface area contributed by atoms with E-state index in [1.165, 1.54) is 17.8 Å². The van der Waals surface area contributed by atoms with Gasteiger partial charge in [0.25, 0.3) is 11.8 Å². The maximum Gasteiger partial charge on any atom is 0.269 e. The highest BCUT2D eigenvalue weighted by atomic mass is 16.2. The minimum absolute atomic E-state index is 0.147. The lowest BCUT2D eigenvalue weighted by Gasteiger charge is -2.32. The third kappa shape index (κ3) is 5.16. The Balaban J connectivity index is 1.51. The highest BCUT2D eigenvalue weighted by Crippen LogP contribution is 2.09. The van der Waals surface area contributed by atoms with Crippen LogP contribution >= 0.6 is 0 Å². The van der Waals surface area contributed by atoms with Crippen molar-refractivity contribution in [1.82, 2.24) is 20.1 Å². The summed E-state index contributed by atoms with van der Waals surface area (Å²) >= 11 is 0. The number of aryl methyl sites for hydroxylation is 1. The van der Waals surface area contributed by atoms with Gasteiger partial charge in [0.05, 0.1) is 0 Å². The Morgan fingerprint density at radius 3 is 2.54 bits per heavy atom. The van der Waals surface area contributed by atoms with Gasteiger partial charge in [-0.3, -0.25) is 19.4 Å². The quantitative estimate of drug-likeness (QED) is 0.581. The van der Waals surface area contributed by atoms with Crippen LogP contribution in [0.15, 0.2) is 48.7 Å². The topological polar surface area (TPSA) is 82.6 Å². The molecule has 0 bridgehead atoms. The number of amides is 3. The summed E-state index contributed by atoms with van der Waals surface area (Å²) < 4.78 is 0. The first-order chi connectivity index (χ1) is 13.7. The van der Waals surface area contributed by atoms with Crippen molar-refractivity contribution < 1.29 is 14.4 Å². The molecule has 0 aliphatic carbocycles. The fraction of sp³-hybridized carbons (Fsp3) is 0.333. The maximum absolute atomic E-state index is 12.6. The van der Waals surface area contributed by atoms with Gasteiger partial charge in [0.15, 0.2) is 0 Å². The van der Waals surface area contributed by atoms with Gasteiger partial charge in [-0.2, -0.15) is 0 Å². The molecule has 2 heterocycles. The van der Waals surface area contributed by atoms with Crippen LogP contribution in [0.3, 0.4) is 0 Å². The SMILES string of the molecule is O=CN1CCN(C(=O)c2ccnc(C(=O)NCCCc3ccccc3)c2)CC1. The second kappa shape index (κ2) is 9.64. The summed E-state index contributed by atoms with van der Waals surface area (Å²) in [4.78, 5) is 43.2. The lowest BCUT2D eigenvalue weighted by molar-refractivity contribution is -0.119. The van der Waals surface area contributed by atoms with Crippen LogP contribution in [0.4, 0.5) is 0 Å². The Bertz CT molecular complexity index is 817. The lowest BCUT2D eigenvalue weighted by atomic mass is 10.1. The van der Waals surface area contributed by atoms with Gasteiger partial charge in [0, 0.05) is 44.5 Å². The second-order valence-corrected chi connectivity index (χ2v) is 6.71. The number of piperazine rings is 1. The number of pyridine rings is 1. The number of benzene rings is 1. The Labute approximate surface area is 164 Å². The number of nitrogens with zero attached hydrogens (tertiary/aromatic N) is 3. The van der Waals surface area contributed by atoms with Crippen LogP contribution in [0.5, 0.6) is 0 Å². The van der Waals surface area contributed by atoms with E-state index in [9.17, 15) is 14.4 Å². The largest absolute Gasteiger partial charge is 0.351 e. The molecule has 0 radical (unpaired) electrons. The van der Waals surface area contributed by atoms with Crippen molar-refractivity contribution in [2.75, 3.05) is 32.7 Å². The first kappa shape index (κ1) is 19.5. The number of nitrogens with one attached hydrogen (secondary N) is 1. The van der Waals surface area contributed by atoms with Crippen LogP contribution in [0.25, 0.3) is 0 Å². The Kier molecular flexibility index (Phi) is 6.73. The molecule has 1 aliphatic rings. The van der Waals surface area contributed by atoms with Crippen molar-refractivity contribution in [2.45, 2.75) is 12.8 Å². The molecule has 0 unspecified atom stereocenters. The van der Waals surface area contributed by atoms with Crippen LogP contribution in [0, 0.1) is 0 Å². The number of aromatic nitrogens is 1. The molecule has 1 aromatic heterocycles. The van der Waals surface area contributed by atoms with Gasteiger partial charge in [0.1, 0.15) is 5.69 Å². The van der Waals surface area contributed by atoms with Gasteiger partial charge in [0.2, 0.25) is 6.41 Å². The van der Waals surface area contributed by atoms with Gasteiger partial charge < -0.3 is 15.1 Å². The molecule has 7 heteroatoms. The summed E-state index contributed by atoms with van der Waals surface area (Å²) in [6, 6.07) is 13.2. The molecule has 0 spiro atoms. The Hall–Kier alpha value is -3.22. The second-order valence-electron chi connectivity index (χ2n) is 6.71. The van der Waals surface area contributed by atoms with Crippen LogP contribution in [-0.2, 0) is 11.2 Å². The van der Waals surface area contributed by atoms with Crippen molar-refractivity contribution >= 4 is 18.2 Å². The summed E-state index contributed by atoms with van der Waals surface area (Å²) in [6.45, 7) is 2.56. The van der Waals surface area contributed by atoms with E-state index in [0.29, 0.717) is 38.3 Å². The normalized spacial score (nSPS) is 13.9. The predicted octanol–water partition coefficient (Wildman–Crippen LogP) is 1.36. The zero-order chi connectivity index (χ0) is 19.8. The molecule has 1 aromatic carbocycles. The van der Waals surface area contributed by atoms with E-state index in [4.69, 9.17) is 0 Å². The summed E-state index contributed by atoms with van der Waals surface area (Å²) in [7, 11) is 0. The molecule has 28 heavy (non-hydrogen) atoms. The maximum atomic E-state index is 12.6. The van der Waals surface area contributed by atoms with Crippen molar-refractivity contribution in [3.63, 3.8) is 0 Å². The zero-order valence-electron chi connectivity index (χ0n) is 15.7. The molecule has 7 nitrogen and oxygen atoms in total. The number of hydrogen-bond donors (Lipinski definition) is 1. The molecule has 1 aliphatic heterocycles. The average Bonchev–Trinajstić information content (AvgIpc) is 2.77. The summed E-state index contributed by atoms with van der Waals surface area (Å²) in [6.07, 6.45) is 4.00. The zero-order valence-corrected chi connectivity index (χ0v) is 15.7. The first-order valence-electron chi connectivity index (χ1n) is 9.44. The minimum Gasteiger partial charge on any atom is -0.351 e. The number of carbonyl (C=O) groups is 3. The van der Waals surface area contributed by atoms with Crippen molar-refractivity contribution in [3.8, 4) is 0 Å². The van der Waals surface area contributed by atoms with Gasteiger partial charge in [-0.25, -0.2) is 0 Å². The van der Waals surface area contributed by atoms with Crippen molar-refractivity contribution in [3.05, 3.63) is 65.5 Å². The summed E-state index contributed by atoms with van der Waals surface area (Å²) in [5, 5.41) is 2.86. The molecular weight excluding hydrogens is 356 g/mol. The molecular formula is C21H24N4O3. The van der Waals surface area contributed by atoms with E-state index in [2.05, 4.69) is 22.4 Å². The number of rotatable bonds is 7. The Morgan fingerprint density at radius 2 is 1.82 bits per heavy atom. The van der Waals surface area contributed by atoms with Gasteiger partial charge in [-0.05, 0) is 30.5 Å². The fourth-order valence-electron chi connectivity index (χ4n) is 3.13. The van der Waals surface area contributed by atoms with E-state index in [0.717, 1.165) is 19.3 Å². The molecule has 3 rings (SSSR count). The third-order valence-electron chi connectivity index (χ3n) is 4.76.